The number of nitrogens with one attached hydrogen (secondary N) is 1. The highest BCUT2D eigenvalue weighted by molar-refractivity contribution is 7.92. The Labute approximate surface area is 161 Å². The highest BCUT2D eigenvalue weighted by Gasteiger charge is 2.22. The van der Waals surface area contributed by atoms with Crippen LogP contribution >= 0.6 is 11.6 Å². The first-order valence-corrected chi connectivity index (χ1v) is 10.0. The third-order valence-electron chi connectivity index (χ3n) is 3.61. The summed E-state index contributed by atoms with van der Waals surface area (Å²) in [7, 11) is -3.71. The standard InChI is InChI=1S/C17H16ClN3O5S/c1-27(23,24)21(14-5-3-2-4-13(14)18)10-17(22)20-19-9-12-6-7-15-16(8-12)26-11-25-15/h2-9H,10-11H2,1H3,(H,20,22)/b19-9-. The van der Waals surface area contributed by atoms with Crippen molar-refractivity contribution in [3.05, 3.63) is 53.1 Å². The fourth-order valence-corrected chi connectivity index (χ4v) is 3.53. The van der Waals surface area contributed by atoms with Crippen LogP contribution in [0, 0.1) is 0 Å². The number of hydrogen-bond acceptors (Lipinski definition) is 6. The summed E-state index contributed by atoms with van der Waals surface area (Å²) in [6, 6.07) is 11.6. The maximum absolute atomic E-state index is 12.1. The van der Waals surface area contributed by atoms with Crippen molar-refractivity contribution >= 4 is 39.4 Å². The maximum atomic E-state index is 12.1. The Bertz CT molecular complexity index is 994. The Morgan fingerprint density at radius 2 is 2.00 bits per heavy atom. The second kappa shape index (κ2) is 7.85. The van der Waals surface area contributed by atoms with Gasteiger partial charge in [-0.25, -0.2) is 13.8 Å². The van der Waals surface area contributed by atoms with Gasteiger partial charge in [0.1, 0.15) is 6.54 Å². The first-order chi connectivity index (χ1) is 12.8. The first kappa shape index (κ1) is 19.0. The van der Waals surface area contributed by atoms with Crippen LogP contribution in [0.25, 0.3) is 0 Å². The van der Waals surface area contributed by atoms with E-state index in [4.69, 9.17) is 21.1 Å². The Morgan fingerprint density at radius 3 is 2.74 bits per heavy atom. The summed E-state index contributed by atoms with van der Waals surface area (Å²) in [5, 5.41) is 4.06. The monoisotopic (exact) mass is 409 g/mol. The number of amides is 1. The lowest BCUT2D eigenvalue weighted by Crippen LogP contribution is -2.39. The number of anilines is 1. The van der Waals surface area contributed by atoms with Crippen molar-refractivity contribution in [2.24, 2.45) is 5.10 Å². The fourth-order valence-electron chi connectivity index (χ4n) is 2.37. The largest absolute Gasteiger partial charge is 0.454 e. The van der Waals surface area contributed by atoms with Crippen molar-refractivity contribution in [2.75, 3.05) is 23.9 Å². The van der Waals surface area contributed by atoms with Crippen molar-refractivity contribution in [2.45, 2.75) is 0 Å². The van der Waals surface area contributed by atoms with E-state index in [1.54, 1.807) is 36.4 Å². The van der Waals surface area contributed by atoms with E-state index in [9.17, 15) is 13.2 Å². The van der Waals surface area contributed by atoms with Crippen LogP contribution in [0.2, 0.25) is 5.02 Å². The van der Waals surface area contributed by atoms with Crippen molar-refractivity contribution in [3.63, 3.8) is 0 Å². The van der Waals surface area contributed by atoms with Gasteiger partial charge in [-0.15, -0.1) is 0 Å². The van der Waals surface area contributed by atoms with E-state index in [2.05, 4.69) is 10.5 Å². The molecule has 2 aromatic rings. The van der Waals surface area contributed by atoms with E-state index < -0.39 is 22.5 Å². The van der Waals surface area contributed by atoms with E-state index in [1.165, 1.54) is 12.3 Å². The fraction of sp³-hybridized carbons (Fsp3) is 0.176. The number of rotatable bonds is 6. The minimum atomic E-state index is -3.71. The lowest BCUT2D eigenvalue weighted by atomic mass is 10.2. The van der Waals surface area contributed by atoms with Crippen molar-refractivity contribution in [3.8, 4) is 11.5 Å². The van der Waals surface area contributed by atoms with E-state index in [0.717, 1.165) is 10.6 Å². The van der Waals surface area contributed by atoms with Crippen LogP contribution in [0.15, 0.2) is 47.6 Å². The summed E-state index contributed by atoms with van der Waals surface area (Å²) in [5.74, 6) is 0.615. The molecule has 0 radical (unpaired) electrons. The molecule has 142 valence electrons. The quantitative estimate of drug-likeness (QED) is 0.581. The molecule has 1 amide bonds. The average Bonchev–Trinajstić information content (AvgIpc) is 3.07. The predicted octanol–water partition coefficient (Wildman–Crippen LogP) is 1.98. The van der Waals surface area contributed by atoms with Gasteiger partial charge in [0.15, 0.2) is 11.5 Å². The van der Waals surface area contributed by atoms with Gasteiger partial charge in [0, 0.05) is 0 Å². The normalized spacial score (nSPS) is 13.0. The van der Waals surface area contributed by atoms with Gasteiger partial charge >= 0.3 is 0 Å². The molecule has 0 atom stereocenters. The number of hydrazone groups is 1. The summed E-state index contributed by atoms with van der Waals surface area (Å²) in [5.41, 5.74) is 3.20. The second-order valence-corrected chi connectivity index (χ2v) is 7.94. The predicted molar refractivity (Wildman–Crippen MR) is 102 cm³/mol. The highest BCUT2D eigenvalue weighted by Crippen LogP contribution is 2.32. The third-order valence-corrected chi connectivity index (χ3v) is 5.05. The lowest BCUT2D eigenvalue weighted by Gasteiger charge is -2.22. The number of para-hydroxylation sites is 1. The topological polar surface area (TPSA) is 97.3 Å². The molecule has 0 aromatic heterocycles. The van der Waals surface area contributed by atoms with Crippen LogP contribution in [0.3, 0.4) is 0 Å². The zero-order valence-electron chi connectivity index (χ0n) is 14.3. The summed E-state index contributed by atoms with van der Waals surface area (Å²) in [6.07, 6.45) is 2.42. The molecule has 1 heterocycles. The van der Waals surface area contributed by atoms with Gasteiger partial charge in [0.05, 0.1) is 23.2 Å². The van der Waals surface area contributed by atoms with Gasteiger partial charge in [0.25, 0.3) is 5.91 Å². The molecule has 0 spiro atoms. The molecular formula is C17H16ClN3O5S. The molecule has 10 heteroatoms. The number of ether oxygens (including phenoxy) is 2. The Kier molecular flexibility index (Phi) is 5.52. The van der Waals surface area contributed by atoms with Crippen molar-refractivity contribution in [1.82, 2.24) is 5.43 Å². The molecule has 1 aliphatic rings. The molecule has 2 aromatic carbocycles. The molecule has 0 fully saturated rings. The number of hydrogen-bond donors (Lipinski definition) is 1. The first-order valence-electron chi connectivity index (χ1n) is 7.78. The number of carbonyl (C=O) groups is 1. The van der Waals surface area contributed by atoms with Gasteiger partial charge in [-0.2, -0.15) is 5.10 Å². The van der Waals surface area contributed by atoms with Gasteiger partial charge in [-0.1, -0.05) is 23.7 Å². The number of benzene rings is 2. The molecule has 0 saturated carbocycles. The molecule has 0 bridgehead atoms. The molecule has 1 N–H and O–H groups in total. The average molecular weight is 410 g/mol. The van der Waals surface area contributed by atoms with E-state index in [1.807, 2.05) is 0 Å². The van der Waals surface area contributed by atoms with Crippen LogP contribution in [-0.2, 0) is 14.8 Å². The maximum Gasteiger partial charge on any atom is 0.260 e. The van der Waals surface area contributed by atoms with Gasteiger partial charge in [-0.3, -0.25) is 9.10 Å². The summed E-state index contributed by atoms with van der Waals surface area (Å²) < 4.78 is 35.5. The Hall–Kier alpha value is -2.78. The summed E-state index contributed by atoms with van der Waals surface area (Å²) in [6.45, 7) is -0.295. The molecule has 1 aliphatic heterocycles. The molecular weight excluding hydrogens is 394 g/mol. The molecule has 3 rings (SSSR count). The van der Waals surface area contributed by atoms with Crippen molar-refractivity contribution < 1.29 is 22.7 Å². The van der Waals surface area contributed by atoms with E-state index in [0.29, 0.717) is 17.1 Å². The molecule has 0 saturated heterocycles. The highest BCUT2D eigenvalue weighted by atomic mass is 35.5. The number of halogens is 1. The summed E-state index contributed by atoms with van der Waals surface area (Å²) >= 11 is 6.05. The van der Waals surface area contributed by atoms with E-state index >= 15 is 0 Å². The third kappa shape index (κ3) is 4.69. The smallest absolute Gasteiger partial charge is 0.260 e. The number of carbonyl (C=O) groups excluding carboxylic acids is 1. The van der Waals surface area contributed by atoms with Crippen LogP contribution in [0.1, 0.15) is 5.56 Å². The second-order valence-electron chi connectivity index (χ2n) is 5.63. The van der Waals surface area contributed by atoms with Crippen LogP contribution in [-0.4, -0.2) is 40.1 Å². The van der Waals surface area contributed by atoms with Crippen LogP contribution in [0.5, 0.6) is 11.5 Å². The van der Waals surface area contributed by atoms with E-state index in [-0.39, 0.29) is 17.5 Å². The molecule has 27 heavy (non-hydrogen) atoms. The zero-order valence-corrected chi connectivity index (χ0v) is 15.8. The van der Waals surface area contributed by atoms with Gasteiger partial charge < -0.3 is 9.47 Å². The zero-order chi connectivity index (χ0) is 19.4. The van der Waals surface area contributed by atoms with Crippen LogP contribution in [0.4, 0.5) is 5.69 Å². The minimum absolute atomic E-state index is 0.163. The molecule has 0 aliphatic carbocycles. The lowest BCUT2D eigenvalue weighted by molar-refractivity contribution is -0.119. The Morgan fingerprint density at radius 1 is 1.26 bits per heavy atom. The van der Waals surface area contributed by atoms with Gasteiger partial charge in [0.2, 0.25) is 16.8 Å². The number of nitrogens with zero attached hydrogens (tertiary/aromatic N) is 2. The SMILES string of the molecule is CS(=O)(=O)N(CC(=O)N/N=C\c1ccc2c(c1)OCO2)c1ccccc1Cl. The van der Waals surface area contributed by atoms with Crippen molar-refractivity contribution in [1.29, 1.82) is 0 Å². The summed E-state index contributed by atoms with van der Waals surface area (Å²) in [4.78, 5) is 12.1. The molecule has 8 nitrogen and oxygen atoms in total. The number of fused-ring (bicyclic) bond motifs is 1. The van der Waals surface area contributed by atoms with Gasteiger partial charge in [-0.05, 0) is 35.9 Å². The number of sulfonamides is 1. The Balaban J connectivity index is 1.67. The van der Waals surface area contributed by atoms with Crippen LogP contribution < -0.4 is 19.2 Å². The minimum Gasteiger partial charge on any atom is -0.454 e. The molecule has 0 unspecified atom stereocenters.